The summed E-state index contributed by atoms with van der Waals surface area (Å²) >= 11 is 1.58. The molecule has 1 aliphatic rings. The van der Waals surface area contributed by atoms with Crippen molar-refractivity contribution in [3.63, 3.8) is 0 Å². The molecule has 1 unspecified atom stereocenters. The number of hydrogen-bond acceptors (Lipinski definition) is 4. The number of thioether (sulfide) groups is 1. The van der Waals surface area contributed by atoms with Gasteiger partial charge in [0.15, 0.2) is 9.84 Å². The molecule has 3 rings (SSSR count). The number of carbonyl (C=O) groups excluding carboxylic acids is 1. The summed E-state index contributed by atoms with van der Waals surface area (Å²) in [5.74, 6) is 0.122. The van der Waals surface area contributed by atoms with E-state index in [9.17, 15) is 13.2 Å². The molecule has 6 heteroatoms. The number of hydrogen-bond donors (Lipinski definition) is 1. The SMILES string of the molecule is O=C(NCCCS(=O)(=O)Cc1ccccc1)C1Cc2ccccc2S1. The lowest BCUT2D eigenvalue weighted by Crippen LogP contribution is -2.33. The zero-order valence-corrected chi connectivity index (χ0v) is 15.5. The first kappa shape index (κ1) is 18.0. The maximum absolute atomic E-state index is 12.2. The molecule has 1 atom stereocenters. The van der Waals surface area contributed by atoms with Gasteiger partial charge < -0.3 is 5.32 Å². The summed E-state index contributed by atoms with van der Waals surface area (Å²) in [7, 11) is -3.15. The van der Waals surface area contributed by atoms with Crippen molar-refractivity contribution in [2.24, 2.45) is 0 Å². The van der Waals surface area contributed by atoms with Crippen LogP contribution in [0.25, 0.3) is 0 Å². The lowest BCUT2D eigenvalue weighted by Gasteiger charge is -2.10. The van der Waals surface area contributed by atoms with Crippen LogP contribution < -0.4 is 5.32 Å². The first-order valence-corrected chi connectivity index (χ1v) is 11.0. The van der Waals surface area contributed by atoms with Gasteiger partial charge >= 0.3 is 0 Å². The molecular formula is C19H21NO3S2. The fourth-order valence-corrected chi connectivity index (χ4v) is 5.49. The summed E-state index contributed by atoms with van der Waals surface area (Å²) in [4.78, 5) is 13.4. The van der Waals surface area contributed by atoms with Gasteiger partial charge in [-0.05, 0) is 30.0 Å². The minimum absolute atomic E-state index is 0.0124. The van der Waals surface area contributed by atoms with Crippen LogP contribution in [0.5, 0.6) is 0 Å². The van der Waals surface area contributed by atoms with Crippen LogP contribution in [-0.4, -0.2) is 31.9 Å². The summed E-state index contributed by atoms with van der Waals surface area (Å²) < 4.78 is 24.3. The highest BCUT2D eigenvalue weighted by molar-refractivity contribution is 8.01. The van der Waals surface area contributed by atoms with Gasteiger partial charge in [-0.15, -0.1) is 11.8 Å². The van der Waals surface area contributed by atoms with Crippen molar-refractivity contribution in [3.8, 4) is 0 Å². The summed E-state index contributed by atoms with van der Waals surface area (Å²) in [6.07, 6.45) is 1.17. The summed E-state index contributed by atoms with van der Waals surface area (Å²) in [6, 6.07) is 17.2. The number of fused-ring (bicyclic) bond motifs is 1. The van der Waals surface area contributed by atoms with Gasteiger partial charge in [-0.2, -0.15) is 0 Å². The molecule has 25 heavy (non-hydrogen) atoms. The van der Waals surface area contributed by atoms with Crippen molar-refractivity contribution < 1.29 is 13.2 Å². The van der Waals surface area contributed by atoms with Gasteiger partial charge in [-0.3, -0.25) is 4.79 Å². The molecule has 1 N–H and O–H groups in total. The van der Waals surface area contributed by atoms with Gasteiger partial charge in [0.25, 0.3) is 0 Å². The van der Waals surface area contributed by atoms with E-state index in [1.54, 1.807) is 11.8 Å². The van der Waals surface area contributed by atoms with Crippen LogP contribution in [0.15, 0.2) is 59.5 Å². The topological polar surface area (TPSA) is 63.2 Å². The van der Waals surface area contributed by atoms with E-state index < -0.39 is 9.84 Å². The third-order valence-corrected chi connectivity index (χ3v) is 7.10. The lowest BCUT2D eigenvalue weighted by molar-refractivity contribution is -0.120. The second kappa shape index (κ2) is 8.06. The van der Waals surface area contributed by atoms with Crippen LogP contribution in [0.2, 0.25) is 0 Å². The van der Waals surface area contributed by atoms with Crippen LogP contribution in [0.4, 0.5) is 0 Å². The number of sulfone groups is 1. The van der Waals surface area contributed by atoms with Gasteiger partial charge in [0.2, 0.25) is 5.91 Å². The Hall–Kier alpha value is -1.79. The molecule has 1 amide bonds. The number of nitrogens with one attached hydrogen (secondary N) is 1. The van der Waals surface area contributed by atoms with Crippen LogP contribution in [0.3, 0.4) is 0 Å². The Bertz CT molecular complexity index is 810. The van der Waals surface area contributed by atoms with Crippen molar-refractivity contribution in [2.75, 3.05) is 12.3 Å². The Balaban J connectivity index is 1.41. The van der Waals surface area contributed by atoms with Gasteiger partial charge in [-0.25, -0.2) is 8.42 Å². The fourth-order valence-electron chi connectivity index (χ4n) is 2.85. The second-order valence-corrected chi connectivity index (χ2v) is 9.57. The van der Waals surface area contributed by atoms with E-state index in [0.29, 0.717) is 13.0 Å². The van der Waals surface area contributed by atoms with Crippen LogP contribution in [-0.2, 0) is 26.8 Å². The largest absolute Gasteiger partial charge is 0.355 e. The fraction of sp³-hybridized carbons (Fsp3) is 0.316. The van der Waals surface area contributed by atoms with Gasteiger partial charge in [0, 0.05) is 11.4 Å². The Kier molecular flexibility index (Phi) is 5.81. The van der Waals surface area contributed by atoms with Gasteiger partial charge in [-0.1, -0.05) is 48.5 Å². The van der Waals surface area contributed by atoms with Gasteiger partial charge in [0.05, 0.1) is 16.8 Å². The molecule has 0 aliphatic carbocycles. The Morgan fingerprint density at radius 2 is 1.80 bits per heavy atom. The first-order valence-electron chi connectivity index (χ1n) is 8.30. The standard InChI is InChI=1S/C19H21NO3S2/c21-19(18-13-16-9-4-5-10-17(16)24-18)20-11-6-12-25(22,23)14-15-7-2-1-3-8-15/h1-5,7-10,18H,6,11-14H2,(H,20,21). The number of amides is 1. The van der Waals surface area contributed by atoms with Gasteiger partial charge in [0.1, 0.15) is 0 Å². The predicted molar refractivity (Wildman–Crippen MR) is 101 cm³/mol. The lowest BCUT2D eigenvalue weighted by atomic mass is 10.1. The van der Waals surface area contributed by atoms with E-state index in [-0.39, 0.29) is 22.7 Å². The molecule has 2 aromatic rings. The van der Waals surface area contributed by atoms with Crippen molar-refractivity contribution in [3.05, 3.63) is 65.7 Å². The number of rotatable bonds is 7. The molecule has 4 nitrogen and oxygen atoms in total. The highest BCUT2D eigenvalue weighted by Crippen LogP contribution is 2.36. The molecule has 0 aromatic heterocycles. The second-order valence-electron chi connectivity index (χ2n) is 6.14. The van der Waals surface area contributed by atoms with Crippen LogP contribution in [0, 0.1) is 0 Å². The van der Waals surface area contributed by atoms with E-state index in [1.165, 1.54) is 5.56 Å². The van der Waals surface area contributed by atoms with E-state index in [4.69, 9.17) is 0 Å². The third-order valence-electron chi connectivity index (χ3n) is 4.10. The number of benzene rings is 2. The molecule has 0 saturated carbocycles. The first-order chi connectivity index (χ1) is 12.0. The van der Waals surface area contributed by atoms with Crippen LogP contribution >= 0.6 is 11.8 Å². The minimum Gasteiger partial charge on any atom is -0.355 e. The quantitative estimate of drug-likeness (QED) is 0.756. The molecule has 0 fully saturated rings. The van der Waals surface area contributed by atoms with Crippen molar-refractivity contribution in [1.29, 1.82) is 0 Å². The highest BCUT2D eigenvalue weighted by atomic mass is 32.2. The summed E-state index contributed by atoms with van der Waals surface area (Å²) in [6.45, 7) is 0.389. The zero-order chi connectivity index (χ0) is 17.7. The molecule has 1 aliphatic heterocycles. The van der Waals surface area contributed by atoms with E-state index in [2.05, 4.69) is 5.32 Å². The predicted octanol–water partition coefficient (Wildman–Crippen LogP) is 2.82. The molecular weight excluding hydrogens is 354 g/mol. The normalized spacial score (nSPS) is 16.4. The summed E-state index contributed by atoms with van der Waals surface area (Å²) in [5, 5.41) is 2.76. The van der Waals surface area contributed by atoms with Crippen molar-refractivity contribution in [2.45, 2.75) is 28.7 Å². The molecule has 0 bridgehead atoms. The monoisotopic (exact) mass is 375 g/mol. The average Bonchev–Trinajstić information content (AvgIpc) is 3.03. The highest BCUT2D eigenvalue weighted by Gasteiger charge is 2.27. The maximum Gasteiger partial charge on any atom is 0.233 e. The Labute approximate surface area is 152 Å². The van der Waals surface area contributed by atoms with Crippen LogP contribution in [0.1, 0.15) is 17.5 Å². The minimum atomic E-state index is -3.15. The smallest absolute Gasteiger partial charge is 0.233 e. The Morgan fingerprint density at radius 1 is 1.08 bits per heavy atom. The average molecular weight is 376 g/mol. The summed E-state index contributed by atoms with van der Waals surface area (Å²) in [5.41, 5.74) is 2.00. The van der Waals surface area contributed by atoms with Crippen molar-refractivity contribution in [1.82, 2.24) is 5.32 Å². The Morgan fingerprint density at radius 3 is 2.56 bits per heavy atom. The maximum atomic E-state index is 12.2. The number of carbonyl (C=O) groups is 1. The third kappa shape index (κ3) is 5.09. The molecule has 1 heterocycles. The molecule has 0 saturated heterocycles. The molecule has 132 valence electrons. The molecule has 0 radical (unpaired) electrons. The molecule has 0 spiro atoms. The van der Waals surface area contributed by atoms with Crippen molar-refractivity contribution >= 4 is 27.5 Å². The van der Waals surface area contributed by atoms with E-state index in [1.807, 2.05) is 54.6 Å². The van der Waals surface area contributed by atoms with E-state index in [0.717, 1.165) is 16.9 Å². The zero-order valence-electron chi connectivity index (χ0n) is 13.9. The van der Waals surface area contributed by atoms with E-state index >= 15 is 0 Å². The molecule has 2 aromatic carbocycles.